The molecule has 5 atom stereocenters. The Hall–Kier alpha value is -1.75. The highest BCUT2D eigenvalue weighted by Gasteiger charge is 2.65. The van der Waals surface area contributed by atoms with Crippen molar-refractivity contribution in [2.45, 2.75) is 104 Å². The molecule has 188 valence electrons. The van der Waals surface area contributed by atoms with Crippen molar-refractivity contribution in [1.29, 1.82) is 0 Å². The zero-order valence-corrected chi connectivity index (χ0v) is 22.0. The molecule has 0 radical (unpaired) electrons. The average Bonchev–Trinajstić information content (AvgIpc) is 3.02. The molecule has 2 aliphatic heterocycles. The SMILES string of the molecule is CC(C)=CCC/C(C)=C/C=C/C(C)=C\[C@H]1C[C@@]23[C@H](OCCC[C@@H]2/C(=C(/C)C=O)CC[C@]3(C)O)O1. The summed E-state index contributed by atoms with van der Waals surface area (Å²) in [5.41, 5.74) is 4.42. The van der Waals surface area contributed by atoms with E-state index in [1.165, 1.54) is 16.7 Å². The fourth-order valence-electron chi connectivity index (χ4n) is 6.14. The highest BCUT2D eigenvalue weighted by Crippen LogP contribution is 2.62. The van der Waals surface area contributed by atoms with Gasteiger partial charge < -0.3 is 14.6 Å². The molecule has 1 spiro atoms. The van der Waals surface area contributed by atoms with Crippen LogP contribution in [0.15, 0.2) is 58.2 Å². The van der Waals surface area contributed by atoms with E-state index in [4.69, 9.17) is 9.47 Å². The van der Waals surface area contributed by atoms with Crippen LogP contribution in [-0.4, -0.2) is 36.0 Å². The van der Waals surface area contributed by atoms with Crippen molar-refractivity contribution < 1.29 is 19.4 Å². The zero-order chi connectivity index (χ0) is 24.9. The van der Waals surface area contributed by atoms with Crippen LogP contribution in [0.1, 0.15) is 86.5 Å². The molecule has 3 aliphatic rings. The summed E-state index contributed by atoms with van der Waals surface area (Å²) in [5, 5.41) is 11.7. The van der Waals surface area contributed by atoms with E-state index in [0.29, 0.717) is 19.4 Å². The van der Waals surface area contributed by atoms with E-state index in [1.807, 2.05) is 13.8 Å². The largest absolute Gasteiger partial charge is 0.389 e. The first kappa shape index (κ1) is 26.8. The molecule has 34 heavy (non-hydrogen) atoms. The highest BCUT2D eigenvalue weighted by atomic mass is 16.7. The number of aliphatic hydroxyl groups is 1. The molecule has 1 aliphatic carbocycles. The van der Waals surface area contributed by atoms with Crippen LogP contribution in [0.2, 0.25) is 0 Å². The molecule has 2 heterocycles. The van der Waals surface area contributed by atoms with Crippen LogP contribution in [0.5, 0.6) is 0 Å². The Kier molecular flexibility index (Phi) is 8.94. The maximum atomic E-state index is 11.7. The van der Waals surface area contributed by atoms with Crippen molar-refractivity contribution in [3.05, 3.63) is 58.2 Å². The second kappa shape index (κ2) is 11.3. The fourth-order valence-corrected chi connectivity index (χ4v) is 6.14. The summed E-state index contributed by atoms with van der Waals surface area (Å²) in [5.74, 6) is 0.106. The molecular formula is C30H44O4. The molecule has 0 aromatic heterocycles. The van der Waals surface area contributed by atoms with Gasteiger partial charge >= 0.3 is 0 Å². The zero-order valence-electron chi connectivity index (χ0n) is 22.0. The fraction of sp³-hybridized carbons (Fsp3) is 0.633. The molecule has 3 rings (SSSR count). The summed E-state index contributed by atoms with van der Waals surface area (Å²) in [6.45, 7) is 13.0. The van der Waals surface area contributed by atoms with Gasteiger partial charge in [0.25, 0.3) is 0 Å². The topological polar surface area (TPSA) is 55.8 Å². The minimum Gasteiger partial charge on any atom is -0.389 e. The van der Waals surface area contributed by atoms with E-state index in [9.17, 15) is 9.90 Å². The average molecular weight is 469 g/mol. The van der Waals surface area contributed by atoms with E-state index in [0.717, 1.165) is 49.5 Å². The number of carbonyl (C=O) groups is 1. The lowest BCUT2D eigenvalue weighted by Crippen LogP contribution is -2.58. The van der Waals surface area contributed by atoms with E-state index < -0.39 is 17.3 Å². The van der Waals surface area contributed by atoms with Crippen LogP contribution < -0.4 is 0 Å². The Bertz CT molecular complexity index is 897. The Morgan fingerprint density at radius 1 is 1.21 bits per heavy atom. The summed E-state index contributed by atoms with van der Waals surface area (Å²) in [4.78, 5) is 11.7. The second-order valence-electron chi connectivity index (χ2n) is 11.0. The van der Waals surface area contributed by atoms with Crippen LogP contribution in [0, 0.1) is 11.3 Å². The molecule has 0 aromatic rings. The van der Waals surface area contributed by atoms with Crippen molar-refractivity contribution in [3.8, 4) is 0 Å². The smallest absolute Gasteiger partial charge is 0.167 e. The van der Waals surface area contributed by atoms with Gasteiger partial charge in [0.2, 0.25) is 0 Å². The standard InChI is InChI=1S/C30H44O4/c1-21(2)10-7-11-22(3)12-8-13-23(4)18-25-19-30-27(14-9-17-33-28(30)34-25)26(24(5)20-31)15-16-29(30,6)32/h8,10,12-13,18,20,25,27-28,32H,7,9,11,14-17,19H2,1-6H3/b13-8+,22-12+,23-18-,26-24-/t25-,27+,28+,29-,30-/m0/s1. The number of ether oxygens (including phenoxy) is 2. The Morgan fingerprint density at radius 3 is 2.68 bits per heavy atom. The van der Waals surface area contributed by atoms with Gasteiger partial charge in [0.1, 0.15) is 6.29 Å². The molecule has 1 N–H and O–H groups in total. The van der Waals surface area contributed by atoms with Crippen molar-refractivity contribution >= 4 is 6.29 Å². The van der Waals surface area contributed by atoms with Crippen LogP contribution in [0.25, 0.3) is 0 Å². The molecule has 4 heteroatoms. The molecule has 0 bridgehead atoms. The first-order chi connectivity index (χ1) is 16.1. The van der Waals surface area contributed by atoms with Crippen LogP contribution in [0.4, 0.5) is 0 Å². The van der Waals surface area contributed by atoms with Gasteiger partial charge in [0, 0.05) is 6.61 Å². The van der Waals surface area contributed by atoms with E-state index in [-0.39, 0.29) is 12.0 Å². The summed E-state index contributed by atoms with van der Waals surface area (Å²) < 4.78 is 12.7. The lowest BCUT2D eigenvalue weighted by Gasteiger charge is -2.53. The van der Waals surface area contributed by atoms with Crippen LogP contribution in [0.3, 0.4) is 0 Å². The van der Waals surface area contributed by atoms with Gasteiger partial charge in [-0.05, 0) is 98.0 Å². The van der Waals surface area contributed by atoms with Crippen molar-refractivity contribution in [2.24, 2.45) is 11.3 Å². The molecule has 4 nitrogen and oxygen atoms in total. The van der Waals surface area contributed by atoms with Gasteiger partial charge in [-0.3, -0.25) is 4.79 Å². The van der Waals surface area contributed by atoms with Crippen LogP contribution >= 0.6 is 0 Å². The second-order valence-corrected chi connectivity index (χ2v) is 11.0. The molecule has 3 fully saturated rings. The molecule has 1 saturated carbocycles. The van der Waals surface area contributed by atoms with Crippen molar-refractivity contribution in [1.82, 2.24) is 0 Å². The van der Waals surface area contributed by atoms with Gasteiger partial charge in [-0.15, -0.1) is 0 Å². The molecule has 0 unspecified atom stereocenters. The highest BCUT2D eigenvalue weighted by molar-refractivity contribution is 5.74. The van der Waals surface area contributed by atoms with E-state index in [2.05, 4.69) is 58.1 Å². The van der Waals surface area contributed by atoms with Gasteiger partial charge in [0.15, 0.2) is 6.29 Å². The number of carbonyl (C=O) groups excluding carboxylic acids is 1. The van der Waals surface area contributed by atoms with Crippen molar-refractivity contribution in [3.63, 3.8) is 0 Å². The van der Waals surface area contributed by atoms with Gasteiger partial charge in [-0.2, -0.15) is 0 Å². The van der Waals surface area contributed by atoms with Crippen molar-refractivity contribution in [2.75, 3.05) is 6.61 Å². The maximum Gasteiger partial charge on any atom is 0.167 e. The van der Waals surface area contributed by atoms with Gasteiger partial charge in [-0.1, -0.05) is 52.7 Å². The number of rotatable bonds is 7. The minimum atomic E-state index is -0.906. The Labute approximate surface area is 206 Å². The molecule has 0 amide bonds. The molecular weight excluding hydrogens is 424 g/mol. The molecule has 2 saturated heterocycles. The predicted octanol–water partition coefficient (Wildman–Crippen LogP) is 6.77. The lowest BCUT2D eigenvalue weighted by atomic mass is 9.53. The molecule has 0 aromatic carbocycles. The minimum absolute atomic E-state index is 0.106. The number of hydrogen-bond acceptors (Lipinski definition) is 4. The van der Waals surface area contributed by atoms with Gasteiger partial charge in [-0.25, -0.2) is 0 Å². The Balaban J connectivity index is 1.80. The number of aldehydes is 1. The third kappa shape index (κ3) is 5.72. The van der Waals surface area contributed by atoms with Crippen LogP contribution in [-0.2, 0) is 14.3 Å². The third-order valence-corrected chi connectivity index (χ3v) is 8.05. The predicted molar refractivity (Wildman–Crippen MR) is 138 cm³/mol. The normalized spacial score (nSPS) is 36.0. The lowest BCUT2D eigenvalue weighted by molar-refractivity contribution is -0.230. The number of hydrogen-bond donors (Lipinski definition) is 1. The third-order valence-electron chi connectivity index (χ3n) is 8.05. The monoisotopic (exact) mass is 468 g/mol. The van der Waals surface area contributed by atoms with Gasteiger partial charge in [0.05, 0.1) is 17.1 Å². The summed E-state index contributed by atoms with van der Waals surface area (Å²) in [6, 6.07) is 0. The summed E-state index contributed by atoms with van der Waals surface area (Å²) >= 11 is 0. The first-order valence-electron chi connectivity index (χ1n) is 12.9. The van der Waals surface area contributed by atoms with E-state index >= 15 is 0 Å². The maximum absolute atomic E-state index is 11.7. The number of allylic oxidation sites excluding steroid dienone is 9. The summed E-state index contributed by atoms with van der Waals surface area (Å²) in [6.07, 6.45) is 17.3. The first-order valence-corrected chi connectivity index (χ1v) is 12.9. The Morgan fingerprint density at radius 2 is 1.97 bits per heavy atom. The van der Waals surface area contributed by atoms with E-state index in [1.54, 1.807) is 0 Å². The quantitative estimate of drug-likeness (QED) is 0.194. The summed E-state index contributed by atoms with van der Waals surface area (Å²) in [7, 11) is 0.